The van der Waals surface area contributed by atoms with Crippen LogP contribution in [0.1, 0.15) is 5.69 Å². The third kappa shape index (κ3) is 3.10. The van der Waals surface area contributed by atoms with Crippen LogP contribution in [0.5, 0.6) is 0 Å². The van der Waals surface area contributed by atoms with Crippen LogP contribution in [0.2, 0.25) is 0 Å². The molecule has 0 unspecified atom stereocenters. The van der Waals surface area contributed by atoms with E-state index in [1.54, 1.807) is 19.1 Å². The molecule has 2 heterocycles. The molecule has 6 heteroatoms. The van der Waals surface area contributed by atoms with Gasteiger partial charge in [0.05, 0.1) is 16.8 Å². The fourth-order valence-corrected chi connectivity index (χ4v) is 3.10. The van der Waals surface area contributed by atoms with Crippen molar-refractivity contribution in [2.45, 2.75) is 6.92 Å². The van der Waals surface area contributed by atoms with Crippen molar-refractivity contribution in [1.29, 1.82) is 0 Å². The molecule has 0 spiro atoms. The maximum atomic E-state index is 13.6. The summed E-state index contributed by atoms with van der Waals surface area (Å²) in [6.07, 6.45) is 1.47. The van der Waals surface area contributed by atoms with Crippen molar-refractivity contribution < 1.29 is 13.2 Å². The van der Waals surface area contributed by atoms with Crippen LogP contribution in [0.4, 0.5) is 13.2 Å². The Labute approximate surface area is 152 Å². The summed E-state index contributed by atoms with van der Waals surface area (Å²) in [6.45, 7) is 1.79. The van der Waals surface area contributed by atoms with E-state index in [-0.39, 0.29) is 5.69 Å². The predicted molar refractivity (Wildman–Crippen MR) is 97.4 cm³/mol. The number of aromatic nitrogens is 2. The van der Waals surface area contributed by atoms with E-state index in [0.717, 1.165) is 18.2 Å². The van der Waals surface area contributed by atoms with Gasteiger partial charge in [-0.2, -0.15) is 0 Å². The Morgan fingerprint density at radius 3 is 2.19 bits per heavy atom. The highest BCUT2D eigenvalue weighted by Crippen LogP contribution is 2.26. The summed E-state index contributed by atoms with van der Waals surface area (Å²) in [5.41, 5.74) is 1.26. The van der Waals surface area contributed by atoms with Crippen molar-refractivity contribution >= 4 is 10.8 Å². The molecule has 0 saturated carbocycles. The molecule has 0 aliphatic rings. The molecule has 3 nitrogen and oxygen atoms in total. The number of aryl methyl sites for hydroxylation is 1. The molecule has 2 aromatic heterocycles. The molecule has 4 rings (SSSR count). The highest BCUT2D eigenvalue weighted by Gasteiger charge is 2.14. The molecule has 0 aliphatic heterocycles. The zero-order chi connectivity index (χ0) is 19.1. The zero-order valence-electron chi connectivity index (χ0n) is 14.2. The number of pyridine rings is 2. The van der Waals surface area contributed by atoms with E-state index < -0.39 is 23.0 Å². The molecule has 0 amide bonds. The summed E-state index contributed by atoms with van der Waals surface area (Å²) in [5, 5.41) is 0.930. The minimum Gasteiger partial charge on any atom is -0.283 e. The van der Waals surface area contributed by atoms with E-state index in [1.807, 2.05) is 0 Å². The van der Waals surface area contributed by atoms with Crippen LogP contribution >= 0.6 is 0 Å². The molecule has 0 bridgehead atoms. The fraction of sp³-hybridized carbons (Fsp3) is 0.0476. The molecule has 27 heavy (non-hydrogen) atoms. The molecular weight excluding hydrogens is 353 g/mol. The summed E-state index contributed by atoms with van der Waals surface area (Å²) >= 11 is 0. The second kappa shape index (κ2) is 6.39. The Kier molecular flexibility index (Phi) is 4.03. The lowest BCUT2D eigenvalue weighted by Crippen LogP contribution is -2.19. The smallest absolute Gasteiger partial charge is 0.265 e. The van der Waals surface area contributed by atoms with Gasteiger partial charge in [-0.1, -0.05) is 0 Å². The standard InChI is InChI=1S/C21H13F3N2O/c1-12-8-14-6-7-26(18-10-16(23)9-17(24)11-18)21(27)19(14)20(25-12)13-2-4-15(22)5-3-13/h2-11H,1H3. The van der Waals surface area contributed by atoms with E-state index in [2.05, 4.69) is 4.98 Å². The molecule has 0 aliphatic carbocycles. The first kappa shape index (κ1) is 17.0. The Bertz CT molecular complexity index is 1210. The predicted octanol–water partition coefficient (Wildman–Crippen LogP) is 4.78. The highest BCUT2D eigenvalue weighted by atomic mass is 19.1. The molecule has 0 N–H and O–H groups in total. The Morgan fingerprint density at radius 2 is 1.52 bits per heavy atom. The monoisotopic (exact) mass is 366 g/mol. The summed E-state index contributed by atoms with van der Waals surface area (Å²) in [4.78, 5) is 17.6. The second-order valence-electron chi connectivity index (χ2n) is 6.20. The fourth-order valence-electron chi connectivity index (χ4n) is 3.10. The van der Waals surface area contributed by atoms with Crippen molar-refractivity contribution in [2.75, 3.05) is 0 Å². The van der Waals surface area contributed by atoms with Crippen LogP contribution in [-0.2, 0) is 0 Å². The Hall–Kier alpha value is -3.41. The van der Waals surface area contributed by atoms with Crippen molar-refractivity contribution in [1.82, 2.24) is 9.55 Å². The minimum atomic E-state index is -0.780. The summed E-state index contributed by atoms with van der Waals surface area (Å²) in [5.74, 6) is -1.96. The quantitative estimate of drug-likeness (QED) is 0.512. The number of halogens is 3. The van der Waals surface area contributed by atoms with E-state index in [0.29, 0.717) is 27.7 Å². The van der Waals surface area contributed by atoms with E-state index in [4.69, 9.17) is 0 Å². The maximum Gasteiger partial charge on any atom is 0.265 e. The van der Waals surface area contributed by atoms with Gasteiger partial charge in [0, 0.05) is 23.5 Å². The zero-order valence-corrected chi connectivity index (χ0v) is 14.2. The van der Waals surface area contributed by atoms with Crippen LogP contribution in [0, 0.1) is 24.4 Å². The van der Waals surface area contributed by atoms with Gasteiger partial charge in [-0.05, 0) is 60.8 Å². The van der Waals surface area contributed by atoms with Gasteiger partial charge in [0.2, 0.25) is 0 Å². The Balaban J connectivity index is 2.05. The molecule has 0 radical (unpaired) electrons. The van der Waals surface area contributed by atoms with Crippen molar-refractivity contribution in [3.8, 4) is 16.9 Å². The molecule has 2 aromatic carbocycles. The number of rotatable bonds is 2. The molecule has 0 saturated heterocycles. The van der Waals surface area contributed by atoms with Crippen LogP contribution in [0.15, 0.2) is 65.6 Å². The van der Waals surface area contributed by atoms with Gasteiger partial charge in [0.25, 0.3) is 5.56 Å². The first-order chi connectivity index (χ1) is 12.9. The van der Waals surface area contributed by atoms with E-state index in [9.17, 15) is 18.0 Å². The molecule has 0 fully saturated rings. The average Bonchev–Trinajstić information content (AvgIpc) is 2.61. The summed E-state index contributed by atoms with van der Waals surface area (Å²) in [7, 11) is 0. The number of fused-ring (bicyclic) bond motifs is 1. The van der Waals surface area contributed by atoms with Gasteiger partial charge in [-0.15, -0.1) is 0 Å². The SMILES string of the molecule is Cc1cc2ccn(-c3cc(F)cc(F)c3)c(=O)c2c(-c2ccc(F)cc2)n1. The summed E-state index contributed by atoms with van der Waals surface area (Å²) in [6, 6.07) is 12.0. The van der Waals surface area contributed by atoms with Crippen molar-refractivity contribution in [3.05, 3.63) is 94.3 Å². The van der Waals surface area contributed by atoms with E-state index >= 15 is 0 Å². The average molecular weight is 366 g/mol. The third-order valence-electron chi connectivity index (χ3n) is 4.26. The molecule has 134 valence electrons. The van der Waals surface area contributed by atoms with Gasteiger partial charge < -0.3 is 0 Å². The largest absolute Gasteiger partial charge is 0.283 e. The normalized spacial score (nSPS) is 11.1. The lowest BCUT2D eigenvalue weighted by molar-refractivity contribution is 0.581. The first-order valence-electron chi connectivity index (χ1n) is 8.18. The lowest BCUT2D eigenvalue weighted by Gasteiger charge is -2.11. The van der Waals surface area contributed by atoms with Crippen molar-refractivity contribution in [2.24, 2.45) is 0 Å². The molecular formula is C21H13F3N2O. The van der Waals surface area contributed by atoms with Gasteiger partial charge in [-0.3, -0.25) is 14.3 Å². The number of hydrogen-bond donors (Lipinski definition) is 0. The topological polar surface area (TPSA) is 34.9 Å². The number of benzene rings is 2. The Morgan fingerprint density at radius 1 is 0.852 bits per heavy atom. The van der Waals surface area contributed by atoms with Gasteiger partial charge >= 0.3 is 0 Å². The maximum absolute atomic E-state index is 13.6. The highest BCUT2D eigenvalue weighted by molar-refractivity contribution is 5.94. The molecule has 4 aromatic rings. The van der Waals surface area contributed by atoms with Gasteiger partial charge in [-0.25, -0.2) is 13.2 Å². The second-order valence-corrected chi connectivity index (χ2v) is 6.20. The van der Waals surface area contributed by atoms with Crippen LogP contribution in [0.25, 0.3) is 27.7 Å². The van der Waals surface area contributed by atoms with Crippen LogP contribution < -0.4 is 5.56 Å². The first-order valence-corrected chi connectivity index (χ1v) is 8.18. The summed E-state index contributed by atoms with van der Waals surface area (Å²) < 4.78 is 41.6. The van der Waals surface area contributed by atoms with Crippen LogP contribution in [-0.4, -0.2) is 9.55 Å². The van der Waals surface area contributed by atoms with Gasteiger partial charge in [0.15, 0.2) is 0 Å². The lowest BCUT2D eigenvalue weighted by atomic mass is 10.0. The number of hydrogen-bond acceptors (Lipinski definition) is 2. The van der Waals surface area contributed by atoms with Gasteiger partial charge in [0.1, 0.15) is 17.5 Å². The van der Waals surface area contributed by atoms with E-state index in [1.165, 1.54) is 35.0 Å². The molecule has 0 atom stereocenters. The third-order valence-corrected chi connectivity index (χ3v) is 4.26. The van der Waals surface area contributed by atoms with Crippen LogP contribution in [0.3, 0.4) is 0 Å². The van der Waals surface area contributed by atoms with Crippen molar-refractivity contribution in [3.63, 3.8) is 0 Å². The number of nitrogens with zero attached hydrogens (tertiary/aromatic N) is 2. The minimum absolute atomic E-state index is 0.0741.